The molecule has 4 heterocycles. The van der Waals surface area contributed by atoms with E-state index in [1.54, 1.807) is 11.1 Å². The van der Waals surface area contributed by atoms with Crippen molar-refractivity contribution < 1.29 is 19.1 Å². The summed E-state index contributed by atoms with van der Waals surface area (Å²) in [6, 6.07) is 14.3. The fourth-order valence-corrected chi connectivity index (χ4v) is 6.89. The Kier molecular flexibility index (Phi) is 8.91. The highest BCUT2D eigenvalue weighted by atomic mass is 35.5. The number of ether oxygens (including phenoxy) is 1. The van der Waals surface area contributed by atoms with E-state index in [-0.39, 0.29) is 23.8 Å². The van der Waals surface area contributed by atoms with E-state index in [2.05, 4.69) is 33.8 Å². The summed E-state index contributed by atoms with van der Waals surface area (Å²) < 4.78 is 5.41. The highest BCUT2D eigenvalue weighted by Crippen LogP contribution is 2.40. The number of hydrogen-bond donors (Lipinski definition) is 2. The summed E-state index contributed by atoms with van der Waals surface area (Å²) in [7, 11) is 0. The van der Waals surface area contributed by atoms with Crippen LogP contribution in [0.1, 0.15) is 75.8 Å². The molecule has 2 aromatic carbocycles. The van der Waals surface area contributed by atoms with Gasteiger partial charge < -0.3 is 25.2 Å². The predicted molar refractivity (Wildman–Crippen MR) is 182 cm³/mol. The zero-order chi connectivity index (χ0) is 33.5. The molecule has 0 aliphatic carbocycles. The number of carbonyl (C=O) groups is 3. The minimum absolute atomic E-state index is 0.0107. The highest BCUT2D eigenvalue weighted by molar-refractivity contribution is 6.31. The molecule has 248 valence electrons. The molecule has 0 saturated carbocycles. The number of fused-ring (bicyclic) bond motifs is 1. The molecule has 0 spiro atoms. The second-order valence-corrected chi connectivity index (χ2v) is 14.7. The van der Waals surface area contributed by atoms with Crippen molar-refractivity contribution in [2.45, 2.75) is 77.2 Å². The Morgan fingerprint density at radius 3 is 2.43 bits per heavy atom. The second-order valence-electron chi connectivity index (χ2n) is 14.3. The predicted octanol–water partition coefficient (Wildman–Crippen LogP) is 6.46. The van der Waals surface area contributed by atoms with E-state index >= 15 is 0 Å². The van der Waals surface area contributed by atoms with E-state index in [0.29, 0.717) is 55.9 Å². The normalized spacial score (nSPS) is 18.0. The van der Waals surface area contributed by atoms with Crippen LogP contribution in [0, 0.1) is 5.92 Å². The van der Waals surface area contributed by atoms with Gasteiger partial charge in [-0.2, -0.15) is 0 Å². The van der Waals surface area contributed by atoms with Crippen LogP contribution < -0.4 is 10.6 Å². The number of piperidine rings is 1. The number of aryl methyl sites for hydroxylation is 2. The molecule has 1 aromatic heterocycles. The summed E-state index contributed by atoms with van der Waals surface area (Å²) in [4.78, 5) is 50.4. The second kappa shape index (κ2) is 12.8. The molecule has 11 heteroatoms. The van der Waals surface area contributed by atoms with Crippen molar-refractivity contribution in [1.29, 1.82) is 0 Å². The quantitative estimate of drug-likeness (QED) is 0.299. The number of hydrogen-bond acceptors (Lipinski definition) is 7. The number of amides is 3. The van der Waals surface area contributed by atoms with Crippen LogP contribution in [0.15, 0.2) is 48.7 Å². The summed E-state index contributed by atoms with van der Waals surface area (Å²) in [6.45, 7) is 11.7. The summed E-state index contributed by atoms with van der Waals surface area (Å²) >= 11 is 6.50. The first kappa shape index (κ1) is 32.7. The van der Waals surface area contributed by atoms with Crippen molar-refractivity contribution in [3.05, 3.63) is 76.1 Å². The third-order valence-corrected chi connectivity index (χ3v) is 9.68. The molecule has 47 heavy (non-hydrogen) atoms. The van der Waals surface area contributed by atoms with Gasteiger partial charge in [0.1, 0.15) is 5.60 Å². The fraction of sp³-hybridized carbons (Fsp3) is 0.472. The molecule has 3 aliphatic heterocycles. The van der Waals surface area contributed by atoms with Crippen LogP contribution in [0.3, 0.4) is 0 Å². The van der Waals surface area contributed by atoms with E-state index in [9.17, 15) is 14.4 Å². The zero-order valence-corrected chi connectivity index (χ0v) is 28.5. The molecule has 3 aromatic rings. The van der Waals surface area contributed by atoms with Gasteiger partial charge in [-0.15, -0.1) is 0 Å². The van der Waals surface area contributed by atoms with Gasteiger partial charge in [0, 0.05) is 37.6 Å². The number of aromatic nitrogens is 2. The number of halogens is 1. The standard InChI is InChI=1S/C36H43ClN6O4/c1-35(2,3)47-34(46)43-20-25(21-43)31(44)42-17-15-23(16-18-42)22-9-12-26(13-10-22)39-33-38-19-27(37)28(41-33)14-11-24-7-6-8-29-30(24)36(4,5)32(45)40-29/h6-10,12-13,19,23,25H,11,14-18,20-21H2,1-5H3,(H,40,45)(H,38,39,41). The molecule has 3 aliphatic rings. The molecule has 2 saturated heterocycles. The maximum absolute atomic E-state index is 13.0. The van der Waals surface area contributed by atoms with Gasteiger partial charge in [-0.3, -0.25) is 9.59 Å². The molecule has 3 amide bonds. The van der Waals surface area contributed by atoms with Crippen molar-refractivity contribution in [2.75, 3.05) is 36.8 Å². The topological polar surface area (TPSA) is 117 Å². The molecular weight excluding hydrogens is 616 g/mol. The Morgan fingerprint density at radius 1 is 1.04 bits per heavy atom. The Morgan fingerprint density at radius 2 is 1.74 bits per heavy atom. The van der Waals surface area contributed by atoms with E-state index in [1.807, 2.05) is 63.8 Å². The van der Waals surface area contributed by atoms with Crippen molar-refractivity contribution in [2.24, 2.45) is 5.92 Å². The van der Waals surface area contributed by atoms with Gasteiger partial charge in [-0.05, 0) is 101 Å². The van der Waals surface area contributed by atoms with E-state index in [1.165, 1.54) is 5.56 Å². The lowest BCUT2D eigenvalue weighted by atomic mass is 9.82. The van der Waals surface area contributed by atoms with Crippen LogP contribution in [0.4, 0.5) is 22.1 Å². The smallest absolute Gasteiger partial charge is 0.410 e. The average molecular weight is 659 g/mol. The molecule has 0 atom stereocenters. The maximum Gasteiger partial charge on any atom is 0.410 e. The zero-order valence-electron chi connectivity index (χ0n) is 27.7. The number of anilines is 3. The molecule has 2 fully saturated rings. The number of carbonyl (C=O) groups excluding carboxylic acids is 3. The van der Waals surface area contributed by atoms with Gasteiger partial charge in [0.05, 0.1) is 28.2 Å². The largest absolute Gasteiger partial charge is 0.444 e. The fourth-order valence-electron chi connectivity index (χ4n) is 6.70. The van der Waals surface area contributed by atoms with Gasteiger partial charge in [0.15, 0.2) is 0 Å². The Balaban J connectivity index is 1.00. The van der Waals surface area contributed by atoms with Gasteiger partial charge in [0.2, 0.25) is 17.8 Å². The number of rotatable bonds is 7. The first-order chi connectivity index (χ1) is 22.3. The third-order valence-electron chi connectivity index (χ3n) is 9.37. The molecule has 6 rings (SSSR count). The summed E-state index contributed by atoms with van der Waals surface area (Å²) in [6.07, 6.45) is 4.38. The van der Waals surface area contributed by atoms with Crippen molar-refractivity contribution in [1.82, 2.24) is 19.8 Å². The Labute approximate surface area is 281 Å². The molecule has 10 nitrogen and oxygen atoms in total. The van der Waals surface area contributed by atoms with Crippen molar-refractivity contribution in [3.8, 4) is 0 Å². The number of nitrogens with zero attached hydrogens (tertiary/aromatic N) is 4. The van der Waals surface area contributed by atoms with Gasteiger partial charge >= 0.3 is 6.09 Å². The van der Waals surface area contributed by atoms with Crippen LogP contribution in [0.5, 0.6) is 0 Å². The minimum atomic E-state index is -0.585. The Hall–Kier alpha value is -4.18. The van der Waals surface area contributed by atoms with Crippen LogP contribution >= 0.6 is 11.6 Å². The first-order valence-corrected chi connectivity index (χ1v) is 16.8. The van der Waals surface area contributed by atoms with E-state index in [0.717, 1.165) is 41.0 Å². The minimum Gasteiger partial charge on any atom is -0.444 e. The maximum atomic E-state index is 13.0. The lowest BCUT2D eigenvalue weighted by Crippen LogP contribution is -2.58. The van der Waals surface area contributed by atoms with Crippen molar-refractivity contribution in [3.63, 3.8) is 0 Å². The molecule has 0 bridgehead atoms. The summed E-state index contributed by atoms with van der Waals surface area (Å²) in [5.74, 6) is 0.848. The molecule has 0 unspecified atom stereocenters. The average Bonchev–Trinajstić information content (AvgIpc) is 3.24. The number of benzene rings is 2. The van der Waals surface area contributed by atoms with E-state index < -0.39 is 11.0 Å². The van der Waals surface area contributed by atoms with E-state index in [4.69, 9.17) is 21.3 Å². The van der Waals surface area contributed by atoms with Crippen LogP contribution in [0.25, 0.3) is 0 Å². The van der Waals surface area contributed by atoms with Crippen molar-refractivity contribution >= 4 is 46.8 Å². The van der Waals surface area contributed by atoms with Crippen LogP contribution in [-0.4, -0.2) is 69.5 Å². The first-order valence-electron chi connectivity index (χ1n) is 16.4. The summed E-state index contributed by atoms with van der Waals surface area (Å²) in [5, 5.41) is 6.81. The van der Waals surface area contributed by atoms with Gasteiger partial charge in [0.25, 0.3) is 0 Å². The summed E-state index contributed by atoms with van der Waals surface area (Å²) in [5.41, 5.74) is 4.75. The van der Waals surface area contributed by atoms with Gasteiger partial charge in [-0.25, -0.2) is 14.8 Å². The SMILES string of the molecule is CC(C)(C)OC(=O)N1CC(C(=O)N2CCC(c3ccc(Nc4ncc(Cl)c(CCc5cccc6c5C(C)(C)C(=O)N6)n4)cc3)CC2)C1. The molecule has 0 radical (unpaired) electrons. The lowest BCUT2D eigenvalue weighted by Gasteiger charge is -2.42. The van der Waals surface area contributed by atoms with Crippen LogP contribution in [-0.2, 0) is 32.6 Å². The third kappa shape index (κ3) is 7.07. The molecule has 2 N–H and O–H groups in total. The van der Waals surface area contributed by atoms with Crippen LogP contribution in [0.2, 0.25) is 5.02 Å². The molecular formula is C36H43ClN6O4. The highest BCUT2D eigenvalue weighted by Gasteiger charge is 2.41. The monoisotopic (exact) mass is 658 g/mol. The number of nitrogens with one attached hydrogen (secondary N) is 2. The number of likely N-dealkylation sites (tertiary alicyclic amines) is 2. The Bertz CT molecular complexity index is 1670. The van der Waals surface area contributed by atoms with Gasteiger partial charge in [-0.1, -0.05) is 35.9 Å². The lowest BCUT2D eigenvalue weighted by molar-refractivity contribution is -0.141.